The fourth-order valence-electron chi connectivity index (χ4n) is 6.05. The molecule has 1 saturated heterocycles. The standard InChI is InChI=1S/C30H46ClN10O4P/c31-22-8-9-26-27(18-22)36-30(37-29(26)35-24-10-16-40(17-11-24)28(42)21-46(43,44)45)34-19-25-20-41(39-38-25)15-5-13-32-12-4-14-33-23-6-2-1-3-7-23/h8-9,18,20,23-24,32-33H,1-7,10-17,19,21H2,(H2,43,44,45)(H2,34,35,36,37). The van der Waals surface area contributed by atoms with Gasteiger partial charge in [-0.1, -0.05) is 36.1 Å². The van der Waals surface area contributed by atoms with E-state index < -0.39 is 19.7 Å². The highest BCUT2D eigenvalue weighted by Gasteiger charge is 2.28. The van der Waals surface area contributed by atoms with Gasteiger partial charge in [0.05, 0.1) is 18.3 Å². The number of amides is 1. The van der Waals surface area contributed by atoms with Gasteiger partial charge in [-0.05, 0) is 76.4 Å². The predicted molar refractivity (Wildman–Crippen MR) is 179 cm³/mol. The maximum Gasteiger partial charge on any atom is 0.334 e. The molecule has 252 valence electrons. The molecule has 1 amide bonds. The molecule has 1 aromatic carbocycles. The molecule has 3 heterocycles. The van der Waals surface area contributed by atoms with Crippen LogP contribution in [0.25, 0.3) is 10.9 Å². The number of anilines is 2. The van der Waals surface area contributed by atoms with E-state index in [1.807, 2.05) is 16.9 Å². The minimum Gasteiger partial charge on any atom is -0.367 e. The molecular weight excluding hydrogens is 631 g/mol. The first-order valence-corrected chi connectivity index (χ1v) is 18.5. The van der Waals surface area contributed by atoms with Crippen molar-refractivity contribution >= 4 is 47.8 Å². The Morgan fingerprint density at radius 2 is 1.78 bits per heavy atom. The van der Waals surface area contributed by atoms with Gasteiger partial charge in [-0.15, -0.1) is 5.10 Å². The van der Waals surface area contributed by atoms with Crippen LogP contribution in [0.5, 0.6) is 0 Å². The molecule has 0 spiro atoms. The van der Waals surface area contributed by atoms with E-state index in [0.717, 1.165) is 56.1 Å². The number of aromatic nitrogens is 5. The summed E-state index contributed by atoms with van der Waals surface area (Å²) in [6, 6.07) is 6.19. The van der Waals surface area contributed by atoms with Gasteiger partial charge in [-0.2, -0.15) is 4.98 Å². The SMILES string of the molecule is O=C(CP(=O)(O)O)N1CCC(Nc2nc(NCc3cn(CCCNCCCNC4CCCCC4)nn3)nc3cc(Cl)ccc23)CC1. The topological polar surface area (TPSA) is 182 Å². The maximum absolute atomic E-state index is 12.2. The molecule has 2 aliphatic rings. The van der Waals surface area contributed by atoms with Crippen LogP contribution in [0.1, 0.15) is 63.5 Å². The zero-order valence-electron chi connectivity index (χ0n) is 26.2. The monoisotopic (exact) mass is 676 g/mol. The van der Waals surface area contributed by atoms with Crippen LogP contribution in [-0.2, 0) is 22.4 Å². The molecule has 0 bridgehead atoms. The lowest BCUT2D eigenvalue weighted by Gasteiger charge is -2.33. The van der Waals surface area contributed by atoms with Crippen molar-refractivity contribution in [2.45, 2.75) is 83.0 Å². The van der Waals surface area contributed by atoms with Gasteiger partial charge < -0.3 is 36.0 Å². The summed E-state index contributed by atoms with van der Waals surface area (Å²) in [5, 5.41) is 23.9. The first-order valence-electron chi connectivity index (χ1n) is 16.3. The lowest BCUT2D eigenvalue weighted by Crippen LogP contribution is -2.43. The van der Waals surface area contributed by atoms with Crippen molar-refractivity contribution in [1.82, 2.24) is 40.5 Å². The van der Waals surface area contributed by atoms with Crippen molar-refractivity contribution in [3.8, 4) is 0 Å². The van der Waals surface area contributed by atoms with Crippen molar-refractivity contribution < 1.29 is 19.1 Å². The molecule has 16 heteroatoms. The van der Waals surface area contributed by atoms with Crippen LogP contribution in [0.3, 0.4) is 0 Å². The van der Waals surface area contributed by atoms with Gasteiger partial charge in [0.2, 0.25) is 11.9 Å². The first kappa shape index (κ1) is 34.5. The van der Waals surface area contributed by atoms with E-state index >= 15 is 0 Å². The third kappa shape index (κ3) is 10.9. The van der Waals surface area contributed by atoms with Crippen LogP contribution in [-0.4, -0.2) is 96.5 Å². The molecule has 1 aliphatic carbocycles. The highest BCUT2D eigenvalue weighted by molar-refractivity contribution is 7.52. The summed E-state index contributed by atoms with van der Waals surface area (Å²) in [7, 11) is -4.39. The Hall–Kier alpha value is -2.87. The average Bonchev–Trinajstić information content (AvgIpc) is 3.49. The van der Waals surface area contributed by atoms with E-state index in [4.69, 9.17) is 26.4 Å². The molecule has 1 aliphatic heterocycles. The number of fused-ring (bicyclic) bond motifs is 1. The highest BCUT2D eigenvalue weighted by Crippen LogP contribution is 2.34. The number of nitrogens with zero attached hydrogens (tertiary/aromatic N) is 6. The van der Waals surface area contributed by atoms with E-state index in [-0.39, 0.29) is 6.04 Å². The molecule has 2 fully saturated rings. The van der Waals surface area contributed by atoms with Gasteiger partial charge in [0.1, 0.15) is 17.7 Å². The van der Waals surface area contributed by atoms with Gasteiger partial charge in [-0.25, -0.2) is 4.98 Å². The summed E-state index contributed by atoms with van der Waals surface area (Å²) in [5.74, 6) is 0.537. The number of likely N-dealkylation sites (tertiary alicyclic amines) is 1. The number of rotatable bonds is 16. The molecule has 0 radical (unpaired) electrons. The number of aryl methyl sites for hydroxylation is 1. The summed E-state index contributed by atoms with van der Waals surface area (Å²) in [4.78, 5) is 41.4. The minimum atomic E-state index is -4.39. The van der Waals surface area contributed by atoms with Crippen LogP contribution in [0, 0.1) is 0 Å². The highest BCUT2D eigenvalue weighted by atomic mass is 35.5. The lowest BCUT2D eigenvalue weighted by atomic mass is 9.95. The number of carbonyl (C=O) groups excluding carboxylic acids is 1. The Labute approximate surface area is 274 Å². The van der Waals surface area contributed by atoms with Crippen LogP contribution >= 0.6 is 19.2 Å². The molecule has 14 nitrogen and oxygen atoms in total. The van der Waals surface area contributed by atoms with Gasteiger partial charge in [0.15, 0.2) is 0 Å². The summed E-state index contributed by atoms with van der Waals surface area (Å²) >= 11 is 6.27. The van der Waals surface area contributed by atoms with E-state index in [0.29, 0.717) is 54.8 Å². The number of halogens is 1. The van der Waals surface area contributed by atoms with Crippen molar-refractivity contribution in [2.75, 3.05) is 49.5 Å². The molecule has 46 heavy (non-hydrogen) atoms. The number of hydrogen-bond acceptors (Lipinski definition) is 10. The van der Waals surface area contributed by atoms with E-state index in [1.54, 1.807) is 12.1 Å². The third-order valence-electron chi connectivity index (χ3n) is 8.51. The number of nitrogens with one attached hydrogen (secondary N) is 4. The summed E-state index contributed by atoms with van der Waals surface area (Å²) in [6.07, 6.45) is 11.3. The largest absolute Gasteiger partial charge is 0.367 e. The van der Waals surface area contributed by atoms with Crippen LogP contribution in [0.2, 0.25) is 5.02 Å². The molecule has 0 unspecified atom stereocenters. The summed E-state index contributed by atoms with van der Waals surface area (Å²) in [5.41, 5.74) is 1.46. The van der Waals surface area contributed by atoms with Crippen molar-refractivity contribution in [3.05, 3.63) is 35.1 Å². The Morgan fingerprint density at radius 3 is 2.57 bits per heavy atom. The Morgan fingerprint density at radius 1 is 1.00 bits per heavy atom. The summed E-state index contributed by atoms with van der Waals surface area (Å²) in [6.45, 7) is 5.01. The van der Waals surface area contributed by atoms with E-state index in [9.17, 15) is 9.36 Å². The number of piperidine rings is 1. The number of benzene rings is 1. The smallest absolute Gasteiger partial charge is 0.334 e. The zero-order valence-corrected chi connectivity index (χ0v) is 27.9. The second-order valence-electron chi connectivity index (χ2n) is 12.3. The fraction of sp³-hybridized carbons (Fsp3) is 0.633. The molecule has 6 N–H and O–H groups in total. The van der Waals surface area contributed by atoms with Crippen LogP contribution < -0.4 is 21.3 Å². The molecule has 1 saturated carbocycles. The van der Waals surface area contributed by atoms with Gasteiger partial charge in [-0.3, -0.25) is 14.0 Å². The zero-order chi connectivity index (χ0) is 32.4. The second-order valence-corrected chi connectivity index (χ2v) is 14.3. The van der Waals surface area contributed by atoms with Crippen LogP contribution in [0.15, 0.2) is 24.4 Å². The first-order chi connectivity index (χ1) is 22.2. The van der Waals surface area contributed by atoms with Crippen molar-refractivity contribution in [3.63, 3.8) is 0 Å². The molecule has 5 rings (SSSR count). The molecule has 2 aromatic heterocycles. The average molecular weight is 677 g/mol. The van der Waals surface area contributed by atoms with Gasteiger partial charge in [0, 0.05) is 42.1 Å². The summed E-state index contributed by atoms with van der Waals surface area (Å²) < 4.78 is 13.1. The van der Waals surface area contributed by atoms with E-state index in [2.05, 4.69) is 36.6 Å². The normalized spacial score (nSPS) is 16.6. The van der Waals surface area contributed by atoms with Crippen LogP contribution in [0.4, 0.5) is 11.8 Å². The molecule has 3 aromatic rings. The van der Waals surface area contributed by atoms with Gasteiger partial charge in [0.25, 0.3) is 0 Å². The quantitative estimate of drug-likeness (QED) is 0.0963. The fourth-order valence-corrected chi connectivity index (χ4v) is 6.77. The third-order valence-corrected chi connectivity index (χ3v) is 9.43. The van der Waals surface area contributed by atoms with Crippen molar-refractivity contribution in [1.29, 1.82) is 0 Å². The molecule has 0 atom stereocenters. The Bertz CT molecular complexity index is 1470. The Kier molecular flexibility index (Phi) is 12.6. The minimum absolute atomic E-state index is 0.0216. The molecular formula is C30H46ClN10O4P. The number of hydrogen-bond donors (Lipinski definition) is 6. The Balaban J connectivity index is 1.07. The van der Waals surface area contributed by atoms with Gasteiger partial charge >= 0.3 is 7.60 Å². The maximum atomic E-state index is 12.2. The number of carbonyl (C=O) groups is 1. The van der Waals surface area contributed by atoms with Crippen molar-refractivity contribution in [2.24, 2.45) is 0 Å². The van der Waals surface area contributed by atoms with E-state index in [1.165, 1.54) is 37.0 Å². The second kappa shape index (κ2) is 16.8. The lowest BCUT2D eigenvalue weighted by molar-refractivity contribution is -0.129. The predicted octanol–water partition coefficient (Wildman–Crippen LogP) is 3.36.